The maximum absolute atomic E-state index is 5.43. The van der Waals surface area contributed by atoms with Crippen LogP contribution in [0.4, 0.5) is 5.13 Å². The predicted octanol–water partition coefficient (Wildman–Crippen LogP) is 2.85. The van der Waals surface area contributed by atoms with E-state index in [1.54, 1.807) is 0 Å². The maximum atomic E-state index is 5.43. The third kappa shape index (κ3) is 3.51. The molecule has 4 nitrogen and oxygen atoms in total. The summed E-state index contributed by atoms with van der Waals surface area (Å²) in [5.74, 6) is 0. The van der Waals surface area contributed by atoms with E-state index in [2.05, 4.69) is 31.1 Å². The van der Waals surface area contributed by atoms with Gasteiger partial charge in [-0.25, -0.2) is 4.98 Å². The van der Waals surface area contributed by atoms with Crippen molar-refractivity contribution >= 4 is 16.5 Å². The largest absolute Gasteiger partial charge is 0.380 e. The summed E-state index contributed by atoms with van der Waals surface area (Å²) in [4.78, 5) is 8.50. The highest BCUT2D eigenvalue weighted by Crippen LogP contribution is 2.44. The fourth-order valence-electron chi connectivity index (χ4n) is 2.76. The summed E-state index contributed by atoms with van der Waals surface area (Å²) in [6, 6.07) is 0.445. The van der Waals surface area contributed by atoms with Crippen LogP contribution in [0.1, 0.15) is 43.8 Å². The van der Waals surface area contributed by atoms with E-state index in [1.165, 1.54) is 17.0 Å². The number of thiazole rings is 1. The van der Waals surface area contributed by atoms with Crippen molar-refractivity contribution in [2.75, 3.05) is 38.8 Å². The molecule has 1 heterocycles. The summed E-state index contributed by atoms with van der Waals surface area (Å²) < 4.78 is 5.43. The van der Waals surface area contributed by atoms with Crippen molar-refractivity contribution in [1.82, 2.24) is 10.3 Å². The minimum Gasteiger partial charge on any atom is -0.380 e. The molecular weight excluding hydrogens is 270 g/mol. The zero-order valence-corrected chi connectivity index (χ0v) is 14.1. The fourth-order valence-corrected chi connectivity index (χ4v) is 3.94. The van der Waals surface area contributed by atoms with Gasteiger partial charge in [-0.1, -0.05) is 25.2 Å². The SMILES string of the molecule is CCOCCN(C)c1nc2c(s1)C(NC)CC(C)(C)C2. The second-order valence-electron chi connectivity index (χ2n) is 6.31. The van der Waals surface area contributed by atoms with Gasteiger partial charge in [0.05, 0.1) is 12.3 Å². The minimum absolute atomic E-state index is 0.329. The van der Waals surface area contributed by atoms with Crippen LogP contribution in [0, 0.1) is 5.41 Å². The highest BCUT2D eigenvalue weighted by molar-refractivity contribution is 7.15. The summed E-state index contributed by atoms with van der Waals surface area (Å²) in [6.07, 6.45) is 2.26. The van der Waals surface area contributed by atoms with Crippen molar-refractivity contribution < 1.29 is 4.74 Å². The summed E-state index contributed by atoms with van der Waals surface area (Å²) in [6.45, 7) is 9.13. The second kappa shape index (κ2) is 6.41. The molecular formula is C15H27N3OS. The van der Waals surface area contributed by atoms with E-state index in [9.17, 15) is 0 Å². The lowest BCUT2D eigenvalue weighted by atomic mass is 9.76. The quantitative estimate of drug-likeness (QED) is 0.819. The predicted molar refractivity (Wildman–Crippen MR) is 85.8 cm³/mol. The van der Waals surface area contributed by atoms with E-state index in [0.717, 1.165) is 31.3 Å². The zero-order valence-electron chi connectivity index (χ0n) is 13.3. The van der Waals surface area contributed by atoms with E-state index in [1.807, 2.05) is 25.3 Å². The molecule has 1 N–H and O–H groups in total. The van der Waals surface area contributed by atoms with E-state index in [4.69, 9.17) is 9.72 Å². The zero-order chi connectivity index (χ0) is 14.8. The summed E-state index contributed by atoms with van der Waals surface area (Å²) >= 11 is 1.83. The first kappa shape index (κ1) is 15.7. The number of anilines is 1. The smallest absolute Gasteiger partial charge is 0.185 e. The van der Waals surface area contributed by atoms with Crippen LogP contribution >= 0.6 is 11.3 Å². The van der Waals surface area contributed by atoms with Crippen LogP contribution in [0.15, 0.2) is 0 Å². The van der Waals surface area contributed by atoms with Gasteiger partial charge in [-0.05, 0) is 32.2 Å². The van der Waals surface area contributed by atoms with Gasteiger partial charge in [-0.3, -0.25) is 0 Å². The minimum atomic E-state index is 0.329. The first-order valence-electron chi connectivity index (χ1n) is 7.42. The standard InChI is InChI=1S/C15H27N3OS/c1-6-19-8-7-18(5)14-17-12-10-15(2,3)9-11(16-4)13(12)20-14/h11,16H,6-10H2,1-5H3. The Hall–Kier alpha value is -0.650. The first-order chi connectivity index (χ1) is 9.46. The average molecular weight is 297 g/mol. The molecule has 5 heteroatoms. The average Bonchev–Trinajstić information content (AvgIpc) is 2.80. The molecule has 0 bridgehead atoms. The Morgan fingerprint density at radius 1 is 1.50 bits per heavy atom. The molecule has 20 heavy (non-hydrogen) atoms. The van der Waals surface area contributed by atoms with Crippen LogP contribution in [0.2, 0.25) is 0 Å². The highest BCUT2D eigenvalue weighted by Gasteiger charge is 2.34. The Bertz CT molecular complexity index is 444. The molecule has 0 aromatic carbocycles. The maximum Gasteiger partial charge on any atom is 0.185 e. The number of nitrogens with one attached hydrogen (secondary N) is 1. The Morgan fingerprint density at radius 3 is 2.90 bits per heavy atom. The van der Waals surface area contributed by atoms with Gasteiger partial charge in [0.25, 0.3) is 0 Å². The molecule has 114 valence electrons. The first-order valence-corrected chi connectivity index (χ1v) is 8.24. The number of ether oxygens (including phenoxy) is 1. The molecule has 0 amide bonds. The molecule has 1 aliphatic rings. The molecule has 0 fully saturated rings. The van der Waals surface area contributed by atoms with Gasteiger partial charge in [-0.2, -0.15) is 0 Å². The van der Waals surface area contributed by atoms with Crippen molar-refractivity contribution in [2.45, 2.75) is 39.7 Å². The van der Waals surface area contributed by atoms with Crippen LogP contribution in [0.25, 0.3) is 0 Å². The molecule has 0 aliphatic heterocycles. The Labute approximate surface area is 126 Å². The normalized spacial score (nSPS) is 20.8. The van der Waals surface area contributed by atoms with E-state index < -0.39 is 0 Å². The summed E-state index contributed by atoms with van der Waals surface area (Å²) in [5, 5.41) is 4.57. The number of likely N-dealkylation sites (N-methyl/N-ethyl adjacent to an activating group) is 1. The highest BCUT2D eigenvalue weighted by atomic mass is 32.1. The second-order valence-corrected chi connectivity index (χ2v) is 7.32. The van der Waals surface area contributed by atoms with Crippen molar-refractivity contribution in [1.29, 1.82) is 0 Å². The van der Waals surface area contributed by atoms with Crippen LogP contribution in [-0.2, 0) is 11.2 Å². The molecule has 1 unspecified atom stereocenters. The van der Waals surface area contributed by atoms with Gasteiger partial charge < -0.3 is 15.0 Å². The molecule has 1 atom stereocenters. The fraction of sp³-hybridized carbons (Fsp3) is 0.800. The molecule has 1 aromatic rings. The van der Waals surface area contributed by atoms with Gasteiger partial charge in [0.2, 0.25) is 0 Å². The lowest BCUT2D eigenvalue weighted by Gasteiger charge is -2.34. The van der Waals surface area contributed by atoms with E-state index in [0.29, 0.717) is 11.5 Å². The van der Waals surface area contributed by atoms with E-state index >= 15 is 0 Å². The van der Waals surface area contributed by atoms with Crippen molar-refractivity contribution in [2.24, 2.45) is 5.41 Å². The third-order valence-electron chi connectivity index (χ3n) is 3.89. The Balaban J connectivity index is 2.13. The molecule has 1 aliphatic carbocycles. The lowest BCUT2D eigenvalue weighted by molar-refractivity contribution is 0.154. The van der Waals surface area contributed by atoms with Crippen molar-refractivity contribution in [3.05, 3.63) is 10.6 Å². The third-order valence-corrected chi connectivity index (χ3v) is 5.21. The number of nitrogens with zero attached hydrogens (tertiary/aromatic N) is 2. The Morgan fingerprint density at radius 2 is 2.25 bits per heavy atom. The number of fused-ring (bicyclic) bond motifs is 1. The number of rotatable bonds is 6. The van der Waals surface area contributed by atoms with Crippen LogP contribution in [0.5, 0.6) is 0 Å². The van der Waals surface area contributed by atoms with Gasteiger partial charge in [-0.15, -0.1) is 0 Å². The van der Waals surface area contributed by atoms with Gasteiger partial charge in [0.1, 0.15) is 0 Å². The molecule has 1 aromatic heterocycles. The molecule has 0 spiro atoms. The van der Waals surface area contributed by atoms with Crippen molar-refractivity contribution in [3.8, 4) is 0 Å². The molecule has 2 rings (SSSR count). The Kier molecular flexibility index (Phi) is 5.04. The van der Waals surface area contributed by atoms with E-state index in [-0.39, 0.29) is 0 Å². The topological polar surface area (TPSA) is 37.4 Å². The van der Waals surface area contributed by atoms with Crippen molar-refractivity contribution in [3.63, 3.8) is 0 Å². The molecule has 0 saturated heterocycles. The van der Waals surface area contributed by atoms with Crippen LogP contribution in [-0.4, -0.2) is 38.8 Å². The summed E-state index contributed by atoms with van der Waals surface area (Å²) in [7, 11) is 4.15. The van der Waals surface area contributed by atoms with Crippen LogP contribution < -0.4 is 10.2 Å². The number of hydrogen-bond acceptors (Lipinski definition) is 5. The summed E-state index contributed by atoms with van der Waals surface area (Å²) in [5.41, 5.74) is 1.61. The number of hydrogen-bond donors (Lipinski definition) is 1. The van der Waals surface area contributed by atoms with Gasteiger partial charge >= 0.3 is 0 Å². The molecule has 0 radical (unpaired) electrons. The van der Waals surface area contributed by atoms with Gasteiger partial charge in [0.15, 0.2) is 5.13 Å². The van der Waals surface area contributed by atoms with Gasteiger partial charge in [0, 0.05) is 31.1 Å². The number of aromatic nitrogens is 1. The monoisotopic (exact) mass is 297 g/mol. The molecule has 0 saturated carbocycles. The van der Waals surface area contributed by atoms with Crippen LogP contribution in [0.3, 0.4) is 0 Å². The lowest BCUT2D eigenvalue weighted by Crippen LogP contribution is -2.30.